The van der Waals surface area contributed by atoms with Gasteiger partial charge < -0.3 is 9.47 Å². The van der Waals surface area contributed by atoms with Crippen LogP contribution in [0.15, 0.2) is 24.3 Å². The minimum atomic E-state index is -0.232. The van der Waals surface area contributed by atoms with Crippen LogP contribution in [0.3, 0.4) is 0 Å². The SMILES string of the molecule is CCCCOc1ccc(OC(=O)[C@H]2CC[C@](C#N)(CCCC)CC2)cc1. The first-order chi connectivity index (χ1) is 12.6. The minimum Gasteiger partial charge on any atom is -0.494 e. The van der Waals surface area contributed by atoms with Crippen LogP contribution >= 0.6 is 0 Å². The molecule has 0 N–H and O–H groups in total. The van der Waals surface area contributed by atoms with Crippen molar-refractivity contribution in [3.05, 3.63) is 24.3 Å². The Balaban J connectivity index is 1.82. The molecule has 142 valence electrons. The van der Waals surface area contributed by atoms with E-state index < -0.39 is 0 Å². The predicted octanol–water partition coefficient (Wildman–Crippen LogP) is 5.66. The molecule has 0 spiro atoms. The van der Waals surface area contributed by atoms with Crippen molar-refractivity contribution in [2.75, 3.05) is 6.61 Å². The van der Waals surface area contributed by atoms with Crippen molar-refractivity contribution in [2.45, 2.75) is 71.6 Å². The topological polar surface area (TPSA) is 59.3 Å². The van der Waals surface area contributed by atoms with Crippen LogP contribution < -0.4 is 9.47 Å². The summed E-state index contributed by atoms with van der Waals surface area (Å²) in [5.41, 5.74) is -0.232. The summed E-state index contributed by atoms with van der Waals surface area (Å²) in [4.78, 5) is 12.4. The molecule has 1 fully saturated rings. The second-order valence-corrected chi connectivity index (χ2v) is 7.36. The summed E-state index contributed by atoms with van der Waals surface area (Å²) in [6.45, 7) is 4.98. The van der Waals surface area contributed by atoms with E-state index in [4.69, 9.17) is 9.47 Å². The van der Waals surface area contributed by atoms with Gasteiger partial charge in [0.15, 0.2) is 0 Å². The van der Waals surface area contributed by atoms with E-state index in [-0.39, 0.29) is 17.3 Å². The van der Waals surface area contributed by atoms with Crippen molar-refractivity contribution in [2.24, 2.45) is 11.3 Å². The van der Waals surface area contributed by atoms with Gasteiger partial charge in [-0.3, -0.25) is 4.79 Å². The first-order valence-corrected chi connectivity index (χ1v) is 9.98. The number of carbonyl (C=O) groups excluding carboxylic acids is 1. The van der Waals surface area contributed by atoms with Gasteiger partial charge in [-0.05, 0) is 62.8 Å². The van der Waals surface area contributed by atoms with E-state index >= 15 is 0 Å². The molecule has 0 unspecified atom stereocenters. The van der Waals surface area contributed by atoms with Crippen LogP contribution in [0.5, 0.6) is 11.5 Å². The van der Waals surface area contributed by atoms with Crippen molar-refractivity contribution in [3.8, 4) is 17.6 Å². The number of ether oxygens (including phenoxy) is 2. The third-order valence-electron chi connectivity index (χ3n) is 5.33. The van der Waals surface area contributed by atoms with Crippen molar-refractivity contribution >= 4 is 5.97 Å². The Morgan fingerprint density at radius 2 is 1.73 bits per heavy atom. The molecule has 0 amide bonds. The molecule has 0 bridgehead atoms. The van der Waals surface area contributed by atoms with Crippen molar-refractivity contribution in [1.82, 2.24) is 0 Å². The Hall–Kier alpha value is -2.02. The van der Waals surface area contributed by atoms with Crippen LogP contribution in [0.1, 0.15) is 71.6 Å². The van der Waals surface area contributed by atoms with Crippen molar-refractivity contribution in [3.63, 3.8) is 0 Å². The number of hydrogen-bond acceptors (Lipinski definition) is 4. The first kappa shape index (κ1) is 20.3. The summed E-state index contributed by atoms with van der Waals surface area (Å²) in [6, 6.07) is 9.76. The van der Waals surface area contributed by atoms with Crippen LogP contribution in [0.25, 0.3) is 0 Å². The van der Waals surface area contributed by atoms with Gasteiger partial charge in [0.1, 0.15) is 11.5 Å². The average molecular weight is 357 g/mol. The first-order valence-electron chi connectivity index (χ1n) is 9.98. The van der Waals surface area contributed by atoms with E-state index in [1.807, 2.05) is 12.1 Å². The number of hydrogen-bond donors (Lipinski definition) is 0. The van der Waals surface area contributed by atoms with Crippen LogP contribution in [-0.2, 0) is 4.79 Å². The number of rotatable bonds is 9. The van der Waals surface area contributed by atoms with Crippen LogP contribution in [0, 0.1) is 22.7 Å². The molecule has 4 heteroatoms. The molecule has 1 aliphatic rings. The summed E-state index contributed by atoms with van der Waals surface area (Å²) in [5, 5.41) is 9.55. The molecule has 2 rings (SSSR count). The van der Waals surface area contributed by atoms with Gasteiger partial charge in [0.05, 0.1) is 24.0 Å². The zero-order chi connectivity index (χ0) is 18.8. The third kappa shape index (κ3) is 5.76. The van der Waals surface area contributed by atoms with Gasteiger partial charge in [-0.15, -0.1) is 0 Å². The average Bonchev–Trinajstić information content (AvgIpc) is 2.68. The molecule has 0 saturated heterocycles. The molecule has 1 aliphatic carbocycles. The van der Waals surface area contributed by atoms with E-state index in [1.54, 1.807) is 12.1 Å². The molecule has 1 aromatic rings. The summed E-state index contributed by atoms with van der Waals surface area (Å²) >= 11 is 0. The monoisotopic (exact) mass is 357 g/mol. The van der Waals surface area contributed by atoms with Gasteiger partial charge in [-0.2, -0.15) is 5.26 Å². The maximum absolute atomic E-state index is 12.4. The van der Waals surface area contributed by atoms with E-state index in [1.165, 1.54) is 0 Å². The number of nitriles is 1. The number of benzene rings is 1. The largest absolute Gasteiger partial charge is 0.494 e. The standard InChI is InChI=1S/C22H31NO3/c1-3-5-13-22(17-23)14-11-18(12-15-22)21(24)26-20-9-7-19(8-10-20)25-16-6-4-2/h7-10,18H,3-6,11-16H2,1-2H3/t18-,22+. The van der Waals surface area contributed by atoms with Gasteiger partial charge in [-0.25, -0.2) is 0 Å². The molecule has 0 heterocycles. The summed E-state index contributed by atoms with van der Waals surface area (Å²) < 4.78 is 11.2. The third-order valence-corrected chi connectivity index (χ3v) is 5.33. The Bertz CT molecular complexity index is 595. The second kappa shape index (κ2) is 10.2. The maximum atomic E-state index is 12.4. The second-order valence-electron chi connectivity index (χ2n) is 7.36. The zero-order valence-electron chi connectivity index (χ0n) is 16.1. The van der Waals surface area contributed by atoms with Gasteiger partial charge in [0.25, 0.3) is 0 Å². The molecule has 26 heavy (non-hydrogen) atoms. The van der Waals surface area contributed by atoms with E-state index in [0.717, 1.165) is 63.5 Å². The zero-order valence-corrected chi connectivity index (χ0v) is 16.1. The highest BCUT2D eigenvalue weighted by Gasteiger charge is 2.37. The summed E-state index contributed by atoms with van der Waals surface area (Å²) in [7, 11) is 0. The lowest BCUT2D eigenvalue weighted by Gasteiger charge is -2.34. The minimum absolute atomic E-state index is 0.0985. The number of esters is 1. The molecule has 0 aromatic heterocycles. The molecule has 0 radical (unpaired) electrons. The molecular formula is C22H31NO3. The molecule has 1 saturated carbocycles. The number of unbranched alkanes of at least 4 members (excludes halogenated alkanes) is 2. The Morgan fingerprint density at radius 3 is 2.31 bits per heavy atom. The highest BCUT2D eigenvalue weighted by Crippen LogP contribution is 2.42. The van der Waals surface area contributed by atoms with E-state index in [9.17, 15) is 10.1 Å². The Kier molecular flexibility index (Phi) is 7.97. The van der Waals surface area contributed by atoms with Gasteiger partial charge >= 0.3 is 5.97 Å². The van der Waals surface area contributed by atoms with Crippen LogP contribution in [-0.4, -0.2) is 12.6 Å². The highest BCUT2D eigenvalue weighted by atomic mass is 16.5. The van der Waals surface area contributed by atoms with E-state index in [2.05, 4.69) is 19.9 Å². The van der Waals surface area contributed by atoms with Crippen molar-refractivity contribution < 1.29 is 14.3 Å². The lowest BCUT2D eigenvalue weighted by molar-refractivity contribution is -0.140. The highest BCUT2D eigenvalue weighted by molar-refractivity contribution is 5.75. The predicted molar refractivity (Wildman–Crippen MR) is 102 cm³/mol. The lowest BCUT2D eigenvalue weighted by Crippen LogP contribution is -2.31. The Morgan fingerprint density at radius 1 is 1.12 bits per heavy atom. The Labute approximate surface area is 157 Å². The molecule has 0 aliphatic heterocycles. The quantitative estimate of drug-likeness (QED) is 0.325. The lowest BCUT2D eigenvalue weighted by atomic mass is 9.69. The fraction of sp³-hybridized carbons (Fsp3) is 0.636. The number of carbonyl (C=O) groups is 1. The van der Waals surface area contributed by atoms with Gasteiger partial charge in [0, 0.05) is 0 Å². The van der Waals surface area contributed by atoms with Crippen LogP contribution in [0.2, 0.25) is 0 Å². The fourth-order valence-corrected chi connectivity index (χ4v) is 3.48. The molecule has 1 aromatic carbocycles. The fourth-order valence-electron chi connectivity index (χ4n) is 3.48. The molecule has 4 nitrogen and oxygen atoms in total. The maximum Gasteiger partial charge on any atom is 0.314 e. The van der Waals surface area contributed by atoms with Gasteiger partial charge in [-0.1, -0.05) is 33.1 Å². The van der Waals surface area contributed by atoms with E-state index in [0.29, 0.717) is 12.4 Å². The number of nitrogens with zero attached hydrogens (tertiary/aromatic N) is 1. The van der Waals surface area contributed by atoms with Gasteiger partial charge in [0.2, 0.25) is 0 Å². The van der Waals surface area contributed by atoms with Crippen molar-refractivity contribution in [1.29, 1.82) is 5.26 Å². The summed E-state index contributed by atoms with van der Waals surface area (Å²) in [5.74, 6) is 1.08. The normalized spacial score (nSPS) is 22.4. The smallest absolute Gasteiger partial charge is 0.314 e. The molecular weight excluding hydrogens is 326 g/mol. The van der Waals surface area contributed by atoms with Crippen LogP contribution in [0.4, 0.5) is 0 Å². The molecule has 0 atom stereocenters. The summed E-state index contributed by atoms with van der Waals surface area (Å²) in [6.07, 6.45) is 8.34.